The number of carbonyl (C=O) groups excluding carboxylic acids is 1. The molecule has 11 heteroatoms. The third-order valence-corrected chi connectivity index (χ3v) is 6.93. The number of nitrogens with zero attached hydrogens (tertiary/aromatic N) is 2. The monoisotopic (exact) mass is 527 g/mol. The second-order valence-corrected chi connectivity index (χ2v) is 10.2. The number of halogens is 4. The van der Waals surface area contributed by atoms with Crippen molar-refractivity contribution in [1.82, 2.24) is 9.88 Å². The second kappa shape index (κ2) is 9.93. The van der Waals surface area contributed by atoms with Crippen LogP contribution < -0.4 is 5.32 Å². The summed E-state index contributed by atoms with van der Waals surface area (Å²) >= 11 is 7.20. The highest BCUT2D eigenvalue weighted by molar-refractivity contribution is 7.22. The maximum Gasteiger partial charge on any atom is 0.416 e. The molecule has 3 aromatic rings. The van der Waals surface area contributed by atoms with E-state index < -0.39 is 17.6 Å². The number of hydrogen-bond donors (Lipinski definition) is 2. The maximum absolute atomic E-state index is 13.3. The molecule has 0 radical (unpaired) electrons. The number of carbonyl (C=O) groups is 1. The van der Waals surface area contributed by atoms with E-state index >= 15 is 0 Å². The lowest BCUT2D eigenvalue weighted by atomic mass is 10.1. The Balaban J connectivity index is 1.60. The van der Waals surface area contributed by atoms with Crippen LogP contribution in [0.4, 0.5) is 18.3 Å². The van der Waals surface area contributed by atoms with Crippen molar-refractivity contribution in [2.75, 3.05) is 18.4 Å². The van der Waals surface area contributed by atoms with Gasteiger partial charge in [0.25, 0.3) is 5.91 Å². The van der Waals surface area contributed by atoms with Gasteiger partial charge >= 0.3 is 6.18 Å². The molecule has 2 N–H and O–H groups in total. The van der Waals surface area contributed by atoms with Gasteiger partial charge in [0.2, 0.25) is 0 Å². The highest BCUT2D eigenvalue weighted by atomic mass is 35.5. The summed E-state index contributed by atoms with van der Waals surface area (Å²) in [5, 5.41) is 13.9. The summed E-state index contributed by atoms with van der Waals surface area (Å²) < 4.78 is 45.9. The van der Waals surface area contributed by atoms with E-state index in [4.69, 9.17) is 16.3 Å². The van der Waals surface area contributed by atoms with Gasteiger partial charge in [-0.1, -0.05) is 29.9 Å². The molecular formula is C24H25ClF3N3O3S. The molecule has 2 atom stereocenters. The number of hydrogen-bond acceptors (Lipinski definition) is 6. The van der Waals surface area contributed by atoms with Gasteiger partial charge in [0, 0.05) is 30.2 Å². The standard InChI is InChI=1S/C24H25ClF3N3O3S/c1-4-14-5-16(24(26,27)28)7-19-20(14)29-23(35-19)30-22(33)18-8-17(25)6-15(21(18)32)11-31-9-12(2)34-13(3)10-31/h5-8,12-13,32H,4,9-11H2,1-3H3,(H,29,30,33)/t12-,13+. The molecule has 1 aromatic heterocycles. The third-order valence-electron chi connectivity index (χ3n) is 5.79. The van der Waals surface area contributed by atoms with Crippen LogP contribution in [0.5, 0.6) is 5.75 Å². The Hall–Kier alpha value is -2.40. The topological polar surface area (TPSA) is 74.7 Å². The number of nitrogens with one attached hydrogen (secondary N) is 1. The molecule has 6 nitrogen and oxygen atoms in total. The van der Waals surface area contributed by atoms with E-state index in [2.05, 4.69) is 15.2 Å². The average Bonchev–Trinajstić information content (AvgIpc) is 3.16. The SMILES string of the molecule is CCc1cc(C(F)(F)F)cc2sc(NC(=O)c3cc(Cl)cc(CN4C[C@@H](C)O[C@@H](C)C4)c3O)nc12. The van der Waals surface area contributed by atoms with Crippen molar-refractivity contribution >= 4 is 44.2 Å². The Labute approximate surface area is 209 Å². The van der Waals surface area contributed by atoms with E-state index in [0.717, 1.165) is 23.5 Å². The maximum atomic E-state index is 13.3. The number of amides is 1. The van der Waals surface area contributed by atoms with Crippen molar-refractivity contribution in [3.05, 3.63) is 51.5 Å². The van der Waals surface area contributed by atoms with Crippen molar-refractivity contribution in [3.8, 4) is 5.75 Å². The van der Waals surface area contributed by atoms with E-state index in [1.165, 1.54) is 6.07 Å². The number of ether oxygens (including phenoxy) is 1. The Morgan fingerprint density at radius 3 is 2.54 bits per heavy atom. The van der Waals surface area contributed by atoms with Crippen LogP contribution in [0.1, 0.15) is 47.8 Å². The van der Waals surface area contributed by atoms with Crippen LogP contribution in [0.2, 0.25) is 5.02 Å². The fraction of sp³-hybridized carbons (Fsp3) is 0.417. The van der Waals surface area contributed by atoms with Crippen molar-refractivity contribution in [2.45, 2.75) is 52.1 Å². The van der Waals surface area contributed by atoms with Gasteiger partial charge in [0.1, 0.15) is 5.75 Å². The Kier molecular flexibility index (Phi) is 7.28. The van der Waals surface area contributed by atoms with Crippen LogP contribution in [0.3, 0.4) is 0 Å². The molecule has 188 valence electrons. The van der Waals surface area contributed by atoms with E-state index in [1.807, 2.05) is 13.8 Å². The first kappa shape index (κ1) is 25.7. The molecule has 0 aliphatic carbocycles. The number of phenolic OH excluding ortho intramolecular Hbond substituents is 1. The number of phenols is 1. The van der Waals surface area contributed by atoms with E-state index in [9.17, 15) is 23.1 Å². The quantitative estimate of drug-likeness (QED) is 0.419. The predicted molar refractivity (Wildman–Crippen MR) is 130 cm³/mol. The fourth-order valence-electron chi connectivity index (χ4n) is 4.35. The van der Waals surface area contributed by atoms with Crippen LogP contribution in [0, 0.1) is 0 Å². The van der Waals surface area contributed by atoms with Gasteiger partial charge in [-0.25, -0.2) is 4.98 Å². The predicted octanol–water partition coefficient (Wildman–Crippen LogP) is 6.10. The summed E-state index contributed by atoms with van der Waals surface area (Å²) in [7, 11) is 0. The van der Waals surface area contributed by atoms with Crippen LogP contribution >= 0.6 is 22.9 Å². The zero-order valence-corrected chi connectivity index (χ0v) is 20.9. The van der Waals surface area contributed by atoms with Crippen molar-refractivity contribution in [2.24, 2.45) is 0 Å². The number of rotatable bonds is 5. The van der Waals surface area contributed by atoms with Gasteiger partial charge in [0.15, 0.2) is 5.13 Å². The minimum Gasteiger partial charge on any atom is -0.507 e. The first-order valence-corrected chi connectivity index (χ1v) is 12.3. The molecule has 0 saturated carbocycles. The summed E-state index contributed by atoms with van der Waals surface area (Å²) in [5.74, 6) is -0.850. The molecule has 35 heavy (non-hydrogen) atoms. The molecule has 0 bridgehead atoms. The first-order valence-electron chi connectivity index (χ1n) is 11.2. The Morgan fingerprint density at radius 1 is 1.23 bits per heavy atom. The molecule has 1 aliphatic heterocycles. The summed E-state index contributed by atoms with van der Waals surface area (Å²) in [6.07, 6.45) is -4.06. The number of aryl methyl sites for hydroxylation is 1. The van der Waals surface area contributed by atoms with Crippen molar-refractivity contribution in [3.63, 3.8) is 0 Å². The zero-order chi connectivity index (χ0) is 25.5. The molecule has 1 aliphatic rings. The summed E-state index contributed by atoms with van der Waals surface area (Å²) in [6, 6.07) is 5.08. The molecule has 1 amide bonds. The fourth-order valence-corrected chi connectivity index (χ4v) is 5.54. The molecular weight excluding hydrogens is 503 g/mol. The third kappa shape index (κ3) is 5.72. The Morgan fingerprint density at radius 2 is 1.91 bits per heavy atom. The van der Waals surface area contributed by atoms with Crippen LogP contribution in [-0.4, -0.2) is 46.2 Å². The van der Waals surface area contributed by atoms with Crippen molar-refractivity contribution in [1.29, 1.82) is 0 Å². The smallest absolute Gasteiger partial charge is 0.416 e. The highest BCUT2D eigenvalue weighted by Crippen LogP contribution is 2.37. The number of fused-ring (bicyclic) bond motifs is 1. The minimum absolute atomic E-state index is 0.0344. The molecule has 0 unspecified atom stereocenters. The molecule has 4 rings (SSSR count). The van der Waals surface area contributed by atoms with Gasteiger partial charge in [0.05, 0.1) is 33.6 Å². The lowest BCUT2D eigenvalue weighted by molar-refractivity contribution is -0.137. The number of alkyl halides is 3. The van der Waals surface area contributed by atoms with Crippen molar-refractivity contribution < 1.29 is 27.8 Å². The van der Waals surface area contributed by atoms with Gasteiger partial charge in [-0.3, -0.25) is 15.0 Å². The normalized spacial score (nSPS) is 19.3. The largest absolute Gasteiger partial charge is 0.507 e. The number of morpholine rings is 1. The minimum atomic E-state index is -4.48. The molecule has 0 spiro atoms. The van der Waals surface area contributed by atoms with E-state index in [1.54, 1.807) is 13.0 Å². The molecule has 2 aromatic carbocycles. The highest BCUT2D eigenvalue weighted by Gasteiger charge is 2.32. The number of benzene rings is 2. The number of anilines is 1. The van der Waals surface area contributed by atoms with E-state index in [0.29, 0.717) is 47.4 Å². The van der Waals surface area contributed by atoms with Gasteiger partial charge in [-0.2, -0.15) is 13.2 Å². The number of aromatic nitrogens is 1. The van der Waals surface area contributed by atoms with Crippen LogP contribution in [-0.2, 0) is 23.9 Å². The van der Waals surface area contributed by atoms with Gasteiger partial charge < -0.3 is 9.84 Å². The second-order valence-electron chi connectivity index (χ2n) is 8.72. The molecule has 1 fully saturated rings. The van der Waals surface area contributed by atoms with E-state index in [-0.39, 0.29) is 33.7 Å². The zero-order valence-electron chi connectivity index (χ0n) is 19.4. The Bertz CT molecular complexity index is 1250. The summed E-state index contributed by atoms with van der Waals surface area (Å²) in [5.41, 5.74) is 0.553. The lowest BCUT2D eigenvalue weighted by Gasteiger charge is -2.35. The van der Waals surface area contributed by atoms with Gasteiger partial charge in [-0.05, 0) is 50.1 Å². The molecule has 1 saturated heterocycles. The first-order chi connectivity index (χ1) is 16.4. The number of thiazole rings is 1. The van der Waals surface area contributed by atoms with Gasteiger partial charge in [-0.15, -0.1) is 0 Å². The molecule has 2 heterocycles. The lowest BCUT2D eigenvalue weighted by Crippen LogP contribution is -2.44. The number of aromatic hydroxyl groups is 1. The average molecular weight is 528 g/mol. The summed E-state index contributed by atoms with van der Waals surface area (Å²) in [4.78, 5) is 19.5. The van der Waals surface area contributed by atoms with Crippen LogP contribution in [0.25, 0.3) is 10.2 Å². The van der Waals surface area contributed by atoms with Crippen LogP contribution in [0.15, 0.2) is 24.3 Å². The summed E-state index contributed by atoms with van der Waals surface area (Å²) in [6.45, 7) is 7.41.